The van der Waals surface area contributed by atoms with E-state index in [-0.39, 0.29) is 11.4 Å². The molecule has 110 valence electrons. The minimum absolute atomic E-state index is 0.269. The highest BCUT2D eigenvalue weighted by atomic mass is 15.2. The predicted octanol–water partition coefficient (Wildman–Crippen LogP) is 2.19. The number of hydrogen-bond acceptors (Lipinski definition) is 5. The normalized spacial score (nSPS) is 21.5. The summed E-state index contributed by atoms with van der Waals surface area (Å²) in [5.74, 6) is 1.06. The first kappa shape index (κ1) is 13.8. The van der Waals surface area contributed by atoms with Gasteiger partial charge in [0.2, 0.25) is 0 Å². The van der Waals surface area contributed by atoms with Gasteiger partial charge < -0.3 is 9.80 Å². The summed E-state index contributed by atoms with van der Waals surface area (Å²) in [6.45, 7) is 4.92. The van der Waals surface area contributed by atoms with Crippen LogP contribution in [-0.2, 0) is 0 Å². The van der Waals surface area contributed by atoms with Crippen molar-refractivity contribution in [2.24, 2.45) is 4.99 Å². The third-order valence-corrected chi connectivity index (χ3v) is 4.32. The van der Waals surface area contributed by atoms with Crippen LogP contribution in [0.3, 0.4) is 0 Å². The minimum Gasteiger partial charge on any atom is -0.378 e. The molecule has 21 heavy (non-hydrogen) atoms. The number of dihydropyridines is 1. The van der Waals surface area contributed by atoms with Crippen molar-refractivity contribution in [1.82, 2.24) is 9.80 Å². The number of nitrogens with one attached hydrogen (secondary N) is 2. The lowest BCUT2D eigenvalue weighted by atomic mass is 10.1. The Morgan fingerprint density at radius 1 is 1.24 bits per heavy atom. The van der Waals surface area contributed by atoms with Crippen molar-refractivity contribution in [2.45, 2.75) is 19.8 Å². The van der Waals surface area contributed by atoms with Gasteiger partial charge in [-0.1, -0.05) is 0 Å². The number of allylic oxidation sites excluding steroid dienone is 3. The Balaban J connectivity index is 1.92. The van der Waals surface area contributed by atoms with Crippen LogP contribution in [0.25, 0.3) is 0 Å². The van der Waals surface area contributed by atoms with E-state index >= 15 is 0 Å². The van der Waals surface area contributed by atoms with Crippen LogP contribution in [0.1, 0.15) is 19.8 Å². The third-order valence-electron chi connectivity index (χ3n) is 4.32. The highest BCUT2D eigenvalue weighted by molar-refractivity contribution is 6.49. The molecule has 3 aliphatic rings. The van der Waals surface area contributed by atoms with Gasteiger partial charge in [0.05, 0.1) is 11.4 Å². The average Bonchev–Trinajstić information content (AvgIpc) is 2.93. The zero-order valence-electron chi connectivity index (χ0n) is 12.6. The molecule has 0 aromatic carbocycles. The number of hydrogen-bond donors (Lipinski definition) is 2. The largest absolute Gasteiger partial charge is 0.378 e. The Hall–Kier alpha value is -2.17. The number of rotatable bonds is 3. The monoisotopic (exact) mass is 283 g/mol. The number of aliphatic imine (C=N–C) groups is 1. The number of likely N-dealkylation sites (tertiary alicyclic amines) is 1. The van der Waals surface area contributed by atoms with E-state index in [1.807, 2.05) is 6.08 Å². The Kier molecular flexibility index (Phi) is 3.49. The molecule has 0 atom stereocenters. The molecule has 1 aliphatic carbocycles. The molecular weight excluding hydrogens is 262 g/mol. The van der Waals surface area contributed by atoms with Crippen molar-refractivity contribution in [2.75, 3.05) is 26.7 Å². The summed E-state index contributed by atoms with van der Waals surface area (Å²) in [5, 5.41) is 15.4. The first-order valence-electron chi connectivity index (χ1n) is 7.44. The molecule has 1 saturated heterocycles. The molecule has 0 unspecified atom stereocenters. The quantitative estimate of drug-likeness (QED) is 0.780. The van der Waals surface area contributed by atoms with E-state index in [0.29, 0.717) is 0 Å². The van der Waals surface area contributed by atoms with Gasteiger partial charge in [-0.3, -0.25) is 15.8 Å². The summed E-state index contributed by atoms with van der Waals surface area (Å²) in [7, 11) is 2.14. The smallest absolute Gasteiger partial charge is 0.133 e. The molecule has 0 saturated carbocycles. The van der Waals surface area contributed by atoms with Crippen LogP contribution in [0.2, 0.25) is 0 Å². The lowest BCUT2D eigenvalue weighted by Gasteiger charge is -2.28. The van der Waals surface area contributed by atoms with Gasteiger partial charge in [0.1, 0.15) is 5.84 Å². The molecule has 5 heteroatoms. The van der Waals surface area contributed by atoms with Crippen molar-refractivity contribution in [1.29, 1.82) is 10.8 Å². The molecule has 1 fully saturated rings. The molecule has 2 aliphatic heterocycles. The van der Waals surface area contributed by atoms with Crippen molar-refractivity contribution in [3.63, 3.8) is 0 Å². The highest BCUT2D eigenvalue weighted by Crippen LogP contribution is 2.31. The van der Waals surface area contributed by atoms with E-state index < -0.39 is 0 Å². The van der Waals surface area contributed by atoms with Crippen LogP contribution < -0.4 is 0 Å². The maximum atomic E-state index is 7.82. The van der Waals surface area contributed by atoms with E-state index in [2.05, 4.69) is 23.8 Å². The molecule has 0 aromatic heterocycles. The molecule has 2 N–H and O–H groups in total. The Morgan fingerprint density at radius 2 is 2.05 bits per heavy atom. The van der Waals surface area contributed by atoms with Crippen LogP contribution >= 0.6 is 0 Å². The van der Waals surface area contributed by atoms with Gasteiger partial charge in [-0.25, -0.2) is 0 Å². The Morgan fingerprint density at radius 3 is 2.76 bits per heavy atom. The first-order valence-corrected chi connectivity index (χ1v) is 7.44. The molecule has 0 spiro atoms. The lowest BCUT2D eigenvalue weighted by molar-refractivity contribution is 0.419. The molecule has 0 bridgehead atoms. The van der Waals surface area contributed by atoms with Gasteiger partial charge >= 0.3 is 0 Å². The summed E-state index contributed by atoms with van der Waals surface area (Å²) in [4.78, 5) is 9.22. The summed E-state index contributed by atoms with van der Waals surface area (Å²) in [6, 6.07) is 0. The SMILES string of the molecule is CCN(C)C1=C2CCN(C3=CC(=N)C(=N)C=C3)C2=NCC1. The van der Waals surface area contributed by atoms with Crippen molar-refractivity contribution in [3.8, 4) is 0 Å². The van der Waals surface area contributed by atoms with Crippen LogP contribution in [0, 0.1) is 10.8 Å². The average molecular weight is 283 g/mol. The van der Waals surface area contributed by atoms with E-state index in [4.69, 9.17) is 15.8 Å². The molecule has 0 radical (unpaired) electrons. The molecule has 0 aromatic rings. The zero-order chi connectivity index (χ0) is 15.0. The summed E-state index contributed by atoms with van der Waals surface area (Å²) >= 11 is 0. The van der Waals surface area contributed by atoms with Crippen LogP contribution in [0.15, 0.2) is 40.2 Å². The van der Waals surface area contributed by atoms with E-state index in [0.717, 1.165) is 44.0 Å². The number of amidine groups is 1. The summed E-state index contributed by atoms with van der Waals surface area (Å²) in [5.41, 5.74) is 4.28. The second kappa shape index (κ2) is 5.31. The maximum Gasteiger partial charge on any atom is 0.133 e. The number of nitrogens with zero attached hydrogens (tertiary/aromatic N) is 3. The summed E-state index contributed by atoms with van der Waals surface area (Å²) < 4.78 is 0. The Labute approximate surface area is 125 Å². The minimum atomic E-state index is 0.269. The van der Waals surface area contributed by atoms with E-state index in [1.165, 1.54) is 11.3 Å². The summed E-state index contributed by atoms with van der Waals surface area (Å²) in [6.07, 6.45) is 7.41. The molecule has 3 rings (SSSR count). The van der Waals surface area contributed by atoms with E-state index in [1.54, 1.807) is 12.2 Å². The van der Waals surface area contributed by atoms with Gasteiger partial charge in [0.25, 0.3) is 0 Å². The molecule has 2 heterocycles. The van der Waals surface area contributed by atoms with Crippen LogP contribution in [0.5, 0.6) is 0 Å². The topological polar surface area (TPSA) is 66.5 Å². The van der Waals surface area contributed by atoms with Crippen LogP contribution in [-0.4, -0.2) is 53.7 Å². The van der Waals surface area contributed by atoms with Crippen molar-refractivity contribution in [3.05, 3.63) is 35.2 Å². The first-order chi connectivity index (χ1) is 10.1. The lowest BCUT2D eigenvalue weighted by Crippen LogP contribution is -2.30. The van der Waals surface area contributed by atoms with Gasteiger partial charge in [-0.05, 0) is 31.6 Å². The van der Waals surface area contributed by atoms with Crippen LogP contribution in [0.4, 0.5) is 0 Å². The standard InChI is InChI=1S/C16H21N5/c1-3-20(2)15-6-8-19-16-12(15)7-9-21(16)11-4-5-13(17)14(18)10-11/h4-5,10,17-18H,3,6-9H2,1-2H3. The fourth-order valence-electron chi connectivity index (χ4n) is 3.04. The van der Waals surface area contributed by atoms with Gasteiger partial charge in [-0.2, -0.15) is 0 Å². The van der Waals surface area contributed by atoms with Gasteiger partial charge in [-0.15, -0.1) is 0 Å². The zero-order valence-corrected chi connectivity index (χ0v) is 12.6. The third kappa shape index (κ3) is 2.33. The fourth-order valence-corrected chi connectivity index (χ4v) is 3.04. The Bertz CT molecular complexity index is 621. The number of fused-ring (bicyclic) bond motifs is 1. The predicted molar refractivity (Wildman–Crippen MR) is 86.2 cm³/mol. The maximum absolute atomic E-state index is 7.82. The van der Waals surface area contributed by atoms with Crippen molar-refractivity contribution >= 4 is 17.3 Å². The van der Waals surface area contributed by atoms with Gasteiger partial charge in [0, 0.05) is 50.1 Å². The molecular formula is C16H21N5. The van der Waals surface area contributed by atoms with Gasteiger partial charge in [0.15, 0.2) is 0 Å². The highest BCUT2D eigenvalue weighted by Gasteiger charge is 2.31. The second-order valence-corrected chi connectivity index (χ2v) is 5.53. The fraction of sp³-hybridized carbons (Fsp3) is 0.438. The van der Waals surface area contributed by atoms with Crippen molar-refractivity contribution < 1.29 is 0 Å². The van der Waals surface area contributed by atoms with E-state index in [9.17, 15) is 0 Å². The second-order valence-electron chi connectivity index (χ2n) is 5.53. The molecule has 5 nitrogen and oxygen atoms in total. The molecule has 0 amide bonds.